The first-order chi connectivity index (χ1) is 6.94. The van der Waals surface area contributed by atoms with Gasteiger partial charge < -0.3 is 19.3 Å². The summed E-state index contributed by atoms with van der Waals surface area (Å²) in [4.78, 5) is 0. The summed E-state index contributed by atoms with van der Waals surface area (Å²) >= 11 is 0. The predicted octanol–water partition coefficient (Wildman–Crippen LogP) is 1.27. The van der Waals surface area contributed by atoms with E-state index in [0.717, 1.165) is 6.42 Å². The molecule has 2 fully saturated rings. The zero-order valence-electron chi connectivity index (χ0n) is 9.82. The maximum atomic E-state index is 9.44. The maximum Gasteiger partial charge on any atom is 0.188 e. The van der Waals surface area contributed by atoms with Crippen LogP contribution in [0.2, 0.25) is 0 Å². The van der Waals surface area contributed by atoms with Crippen LogP contribution in [0.3, 0.4) is 0 Å². The topological polar surface area (TPSA) is 47.9 Å². The predicted molar refractivity (Wildman–Crippen MR) is 54.2 cm³/mol. The molecule has 4 atom stereocenters. The van der Waals surface area contributed by atoms with Crippen LogP contribution in [0.4, 0.5) is 0 Å². The zero-order valence-corrected chi connectivity index (χ0v) is 9.82. The van der Waals surface area contributed by atoms with Crippen LogP contribution in [0.1, 0.15) is 34.1 Å². The van der Waals surface area contributed by atoms with Gasteiger partial charge in [-0.3, -0.25) is 0 Å². The van der Waals surface area contributed by atoms with Crippen molar-refractivity contribution in [3.63, 3.8) is 0 Å². The molecule has 0 aliphatic carbocycles. The molecule has 2 aliphatic rings. The average Bonchev–Trinajstić information content (AvgIpc) is 2.59. The molecule has 0 saturated carbocycles. The van der Waals surface area contributed by atoms with Gasteiger partial charge in [0.2, 0.25) is 0 Å². The van der Waals surface area contributed by atoms with Crippen molar-refractivity contribution in [3.8, 4) is 0 Å². The Morgan fingerprint density at radius 2 is 1.87 bits per heavy atom. The van der Waals surface area contributed by atoms with Crippen LogP contribution in [0.5, 0.6) is 0 Å². The van der Waals surface area contributed by atoms with Gasteiger partial charge in [0.15, 0.2) is 12.1 Å². The molecule has 4 heteroatoms. The van der Waals surface area contributed by atoms with Gasteiger partial charge in [0.05, 0.1) is 12.2 Å². The van der Waals surface area contributed by atoms with Gasteiger partial charge in [0, 0.05) is 5.92 Å². The van der Waals surface area contributed by atoms with E-state index in [1.165, 1.54) is 0 Å². The molecule has 1 N–H and O–H groups in total. The third kappa shape index (κ3) is 1.60. The van der Waals surface area contributed by atoms with Crippen LogP contribution >= 0.6 is 0 Å². The zero-order chi connectivity index (χ0) is 11.3. The summed E-state index contributed by atoms with van der Waals surface area (Å²) in [7, 11) is 0. The molecule has 0 aromatic carbocycles. The van der Waals surface area contributed by atoms with E-state index in [1.807, 2.05) is 20.8 Å². The van der Waals surface area contributed by atoms with E-state index in [-0.39, 0.29) is 24.9 Å². The monoisotopic (exact) mass is 216 g/mol. The highest BCUT2D eigenvalue weighted by Gasteiger charge is 2.58. The second kappa shape index (κ2) is 3.42. The van der Waals surface area contributed by atoms with E-state index >= 15 is 0 Å². The lowest BCUT2D eigenvalue weighted by atomic mass is 9.86. The van der Waals surface area contributed by atoms with Crippen LogP contribution in [-0.4, -0.2) is 35.5 Å². The number of rotatable bonds is 2. The Kier molecular flexibility index (Phi) is 2.58. The number of aliphatic hydroxyl groups is 1. The minimum Gasteiger partial charge on any atom is -0.393 e. The molecule has 88 valence electrons. The molecule has 0 spiro atoms. The smallest absolute Gasteiger partial charge is 0.188 e. The van der Waals surface area contributed by atoms with Crippen molar-refractivity contribution in [1.82, 2.24) is 0 Å². The molecular formula is C11H20O4. The van der Waals surface area contributed by atoms with Crippen molar-refractivity contribution in [1.29, 1.82) is 0 Å². The third-order valence-electron chi connectivity index (χ3n) is 3.63. The van der Waals surface area contributed by atoms with Crippen LogP contribution in [0, 0.1) is 5.92 Å². The Morgan fingerprint density at radius 1 is 1.20 bits per heavy atom. The molecule has 2 rings (SSSR count). The second-order valence-electron chi connectivity index (χ2n) is 4.95. The third-order valence-corrected chi connectivity index (χ3v) is 3.63. The molecule has 0 bridgehead atoms. The van der Waals surface area contributed by atoms with Crippen molar-refractivity contribution in [2.24, 2.45) is 5.92 Å². The molecule has 15 heavy (non-hydrogen) atoms. The highest BCUT2D eigenvalue weighted by Crippen LogP contribution is 2.46. The molecule has 0 unspecified atom stereocenters. The molecule has 0 aromatic rings. The highest BCUT2D eigenvalue weighted by atomic mass is 16.8. The molecule has 2 saturated heterocycles. The number of aliphatic hydroxyl groups excluding tert-OH is 1. The summed E-state index contributed by atoms with van der Waals surface area (Å²) in [6.07, 6.45) is 0.374. The van der Waals surface area contributed by atoms with Gasteiger partial charge in [-0.2, -0.15) is 0 Å². The summed E-state index contributed by atoms with van der Waals surface area (Å²) in [6, 6.07) is 0. The van der Waals surface area contributed by atoms with Gasteiger partial charge >= 0.3 is 0 Å². The van der Waals surface area contributed by atoms with E-state index in [0.29, 0.717) is 0 Å². The molecule has 2 heterocycles. The quantitative estimate of drug-likeness (QED) is 0.755. The van der Waals surface area contributed by atoms with Crippen LogP contribution in [0.15, 0.2) is 0 Å². The van der Waals surface area contributed by atoms with Crippen LogP contribution < -0.4 is 0 Å². The molecule has 2 aliphatic heterocycles. The Hall–Kier alpha value is -0.160. The van der Waals surface area contributed by atoms with E-state index in [9.17, 15) is 5.11 Å². The summed E-state index contributed by atoms with van der Waals surface area (Å²) in [6.45, 7) is 7.85. The fraction of sp³-hybridized carbons (Fsp3) is 1.00. The second-order valence-corrected chi connectivity index (χ2v) is 4.95. The standard InChI is InChI=1S/C11H20O4/c1-5-11(6-12)7(2)8-9(15-11)14-10(3,4)13-8/h7-9,12H,5-6H2,1-4H3/t7-,8-,9+,11-/m1/s1. The summed E-state index contributed by atoms with van der Waals surface area (Å²) in [5, 5.41) is 9.44. The number of fused-ring (bicyclic) bond motifs is 1. The first-order valence-corrected chi connectivity index (χ1v) is 5.58. The first kappa shape index (κ1) is 11.3. The minimum absolute atomic E-state index is 0.0187. The van der Waals surface area contributed by atoms with Crippen molar-refractivity contribution in [3.05, 3.63) is 0 Å². The van der Waals surface area contributed by atoms with Crippen LogP contribution in [0.25, 0.3) is 0 Å². The first-order valence-electron chi connectivity index (χ1n) is 5.58. The van der Waals surface area contributed by atoms with Gasteiger partial charge in [0.1, 0.15) is 6.10 Å². The Bertz CT molecular complexity index is 247. The highest BCUT2D eigenvalue weighted by molar-refractivity contribution is 4.99. The van der Waals surface area contributed by atoms with Gasteiger partial charge in [-0.15, -0.1) is 0 Å². The molecule has 0 radical (unpaired) electrons. The number of hydrogen-bond acceptors (Lipinski definition) is 4. The SMILES string of the molecule is CC[C@]1(CO)O[C@@H]2OC(C)(C)O[C@@H]2[C@H]1C. The van der Waals surface area contributed by atoms with E-state index in [1.54, 1.807) is 0 Å². The molecule has 0 amide bonds. The normalized spacial score (nSPS) is 48.2. The Balaban J connectivity index is 2.17. The lowest BCUT2D eigenvalue weighted by molar-refractivity contribution is -0.238. The van der Waals surface area contributed by atoms with E-state index in [2.05, 4.69) is 6.92 Å². The van der Waals surface area contributed by atoms with Crippen molar-refractivity contribution < 1.29 is 19.3 Å². The fourth-order valence-corrected chi connectivity index (χ4v) is 2.52. The lowest BCUT2D eigenvalue weighted by Gasteiger charge is -2.32. The average molecular weight is 216 g/mol. The molecule has 0 aromatic heterocycles. The van der Waals surface area contributed by atoms with Crippen molar-refractivity contribution in [2.75, 3.05) is 6.61 Å². The maximum absolute atomic E-state index is 9.44. The number of ether oxygens (including phenoxy) is 3. The lowest BCUT2D eigenvalue weighted by Crippen LogP contribution is -2.42. The minimum atomic E-state index is -0.570. The molecule has 4 nitrogen and oxygen atoms in total. The summed E-state index contributed by atoms with van der Waals surface area (Å²) < 4.78 is 17.3. The van der Waals surface area contributed by atoms with E-state index in [4.69, 9.17) is 14.2 Å². The summed E-state index contributed by atoms with van der Waals surface area (Å²) in [5.41, 5.74) is -0.494. The van der Waals surface area contributed by atoms with Crippen molar-refractivity contribution >= 4 is 0 Å². The number of hydrogen-bond donors (Lipinski definition) is 1. The van der Waals surface area contributed by atoms with Crippen molar-refractivity contribution in [2.45, 2.75) is 57.9 Å². The molecular weight excluding hydrogens is 196 g/mol. The Morgan fingerprint density at radius 3 is 2.33 bits per heavy atom. The fourth-order valence-electron chi connectivity index (χ4n) is 2.52. The Labute approximate surface area is 90.5 Å². The summed E-state index contributed by atoms with van der Waals surface area (Å²) in [5.74, 6) is -0.418. The van der Waals surface area contributed by atoms with E-state index < -0.39 is 11.4 Å². The largest absolute Gasteiger partial charge is 0.393 e. The van der Waals surface area contributed by atoms with Gasteiger partial charge in [0.25, 0.3) is 0 Å². The van der Waals surface area contributed by atoms with Crippen LogP contribution in [-0.2, 0) is 14.2 Å². The van der Waals surface area contributed by atoms with Gasteiger partial charge in [-0.25, -0.2) is 0 Å². The van der Waals surface area contributed by atoms with Gasteiger partial charge in [-0.05, 0) is 20.3 Å². The van der Waals surface area contributed by atoms with Gasteiger partial charge in [-0.1, -0.05) is 13.8 Å².